The summed E-state index contributed by atoms with van der Waals surface area (Å²) < 4.78 is 0. The van der Waals surface area contributed by atoms with E-state index in [1.165, 1.54) is 12.5 Å². The minimum atomic E-state index is -0.244. The predicted octanol–water partition coefficient (Wildman–Crippen LogP) is 2.07. The van der Waals surface area contributed by atoms with Gasteiger partial charge in [0.15, 0.2) is 0 Å². The van der Waals surface area contributed by atoms with E-state index in [2.05, 4.69) is 24.1 Å². The maximum Gasteiger partial charge on any atom is 0.268 e. The second-order valence-corrected chi connectivity index (χ2v) is 5.86. The Morgan fingerprint density at radius 1 is 1.44 bits per heavy atom. The van der Waals surface area contributed by atoms with Crippen molar-refractivity contribution in [3.8, 4) is 0 Å². The van der Waals surface area contributed by atoms with Crippen LogP contribution in [0.25, 0.3) is 0 Å². The standard InChI is InChI=1S/C14H20N2O2/c1-14(2)8-4-5-10(9-14)15-13(18)11-6-3-7-12(17)16-11/h3,6-7,10H,4-5,8-9H2,1-2H3,(H,15,18)(H,16,17). The SMILES string of the molecule is CC1(C)CCCC(NC(=O)c2cccc(=O)[nH]2)C1. The molecule has 4 heteroatoms. The lowest BCUT2D eigenvalue weighted by molar-refractivity contribution is 0.0897. The number of aromatic nitrogens is 1. The Bertz CT molecular complexity index is 491. The normalized spacial score (nSPS) is 22.4. The van der Waals surface area contributed by atoms with Crippen molar-refractivity contribution in [1.82, 2.24) is 10.3 Å². The van der Waals surface area contributed by atoms with Gasteiger partial charge in [0.1, 0.15) is 5.69 Å². The van der Waals surface area contributed by atoms with E-state index in [-0.39, 0.29) is 17.5 Å². The number of pyridine rings is 1. The Morgan fingerprint density at radius 2 is 2.22 bits per heavy atom. The zero-order valence-electron chi connectivity index (χ0n) is 11.0. The minimum Gasteiger partial charge on any atom is -0.348 e. The number of amides is 1. The topological polar surface area (TPSA) is 62.0 Å². The summed E-state index contributed by atoms with van der Waals surface area (Å²) in [7, 11) is 0. The maximum absolute atomic E-state index is 12.0. The van der Waals surface area contributed by atoms with E-state index in [0.29, 0.717) is 11.1 Å². The van der Waals surface area contributed by atoms with Crippen molar-refractivity contribution in [2.75, 3.05) is 0 Å². The number of carbonyl (C=O) groups is 1. The molecule has 18 heavy (non-hydrogen) atoms. The Kier molecular flexibility index (Phi) is 3.55. The lowest BCUT2D eigenvalue weighted by Crippen LogP contribution is -2.41. The molecule has 0 aliphatic heterocycles. The summed E-state index contributed by atoms with van der Waals surface area (Å²) in [5.74, 6) is -0.185. The summed E-state index contributed by atoms with van der Waals surface area (Å²) in [4.78, 5) is 25.7. The van der Waals surface area contributed by atoms with Gasteiger partial charge in [0.2, 0.25) is 5.56 Å². The number of aromatic amines is 1. The van der Waals surface area contributed by atoms with E-state index in [0.717, 1.165) is 19.3 Å². The van der Waals surface area contributed by atoms with Gasteiger partial charge < -0.3 is 10.3 Å². The zero-order chi connectivity index (χ0) is 13.2. The van der Waals surface area contributed by atoms with Crippen LogP contribution in [0.5, 0.6) is 0 Å². The Labute approximate surface area is 107 Å². The molecule has 0 saturated heterocycles. The van der Waals surface area contributed by atoms with Gasteiger partial charge in [-0.25, -0.2) is 0 Å². The van der Waals surface area contributed by atoms with Crippen LogP contribution in [0.2, 0.25) is 0 Å². The molecule has 1 atom stereocenters. The highest BCUT2D eigenvalue weighted by Gasteiger charge is 2.28. The summed E-state index contributed by atoms with van der Waals surface area (Å²) in [6.07, 6.45) is 4.37. The van der Waals surface area contributed by atoms with Gasteiger partial charge in [-0.2, -0.15) is 0 Å². The van der Waals surface area contributed by atoms with Gasteiger partial charge in [-0.1, -0.05) is 26.3 Å². The molecule has 4 nitrogen and oxygen atoms in total. The van der Waals surface area contributed by atoms with Crippen molar-refractivity contribution in [3.05, 3.63) is 34.2 Å². The van der Waals surface area contributed by atoms with Crippen LogP contribution in [0, 0.1) is 5.41 Å². The molecule has 0 radical (unpaired) electrons. The fourth-order valence-corrected chi connectivity index (χ4v) is 2.66. The van der Waals surface area contributed by atoms with Crippen LogP contribution in [0.3, 0.4) is 0 Å². The molecule has 0 aromatic carbocycles. The molecule has 0 bridgehead atoms. The quantitative estimate of drug-likeness (QED) is 0.841. The van der Waals surface area contributed by atoms with Gasteiger partial charge in [0.05, 0.1) is 0 Å². The van der Waals surface area contributed by atoms with Crippen LogP contribution in [0.1, 0.15) is 50.0 Å². The zero-order valence-corrected chi connectivity index (χ0v) is 11.0. The molecule has 1 saturated carbocycles. The van der Waals surface area contributed by atoms with Crippen LogP contribution in [0.15, 0.2) is 23.0 Å². The van der Waals surface area contributed by atoms with E-state index in [9.17, 15) is 9.59 Å². The van der Waals surface area contributed by atoms with Crippen LogP contribution in [-0.4, -0.2) is 16.9 Å². The Morgan fingerprint density at radius 3 is 2.89 bits per heavy atom. The summed E-state index contributed by atoms with van der Waals surface area (Å²) in [6.45, 7) is 4.46. The monoisotopic (exact) mass is 248 g/mol. The molecular weight excluding hydrogens is 228 g/mol. The third kappa shape index (κ3) is 3.22. The molecule has 1 aliphatic carbocycles. The fourth-order valence-electron chi connectivity index (χ4n) is 2.66. The number of hydrogen-bond donors (Lipinski definition) is 2. The van der Waals surface area contributed by atoms with Crippen molar-refractivity contribution in [3.63, 3.8) is 0 Å². The second-order valence-electron chi connectivity index (χ2n) is 5.86. The molecule has 2 N–H and O–H groups in total. The van der Waals surface area contributed by atoms with Gasteiger partial charge in [0.25, 0.3) is 5.91 Å². The van der Waals surface area contributed by atoms with Crippen LogP contribution in [0.4, 0.5) is 0 Å². The van der Waals surface area contributed by atoms with Crippen LogP contribution >= 0.6 is 0 Å². The van der Waals surface area contributed by atoms with Crippen molar-refractivity contribution in [1.29, 1.82) is 0 Å². The predicted molar refractivity (Wildman–Crippen MR) is 70.6 cm³/mol. The summed E-state index contributed by atoms with van der Waals surface area (Å²) in [5, 5.41) is 3.01. The van der Waals surface area contributed by atoms with E-state index in [4.69, 9.17) is 0 Å². The average Bonchev–Trinajstić information content (AvgIpc) is 2.27. The van der Waals surface area contributed by atoms with Gasteiger partial charge in [0, 0.05) is 12.1 Å². The third-order valence-electron chi connectivity index (χ3n) is 3.55. The molecule has 1 aliphatic rings. The fraction of sp³-hybridized carbons (Fsp3) is 0.571. The number of rotatable bonds is 2. The van der Waals surface area contributed by atoms with Crippen molar-refractivity contribution in [2.45, 2.75) is 45.6 Å². The van der Waals surface area contributed by atoms with E-state index in [1.54, 1.807) is 12.1 Å². The Balaban J connectivity index is 2.01. The number of hydrogen-bond acceptors (Lipinski definition) is 2. The smallest absolute Gasteiger partial charge is 0.268 e. The van der Waals surface area contributed by atoms with Crippen molar-refractivity contribution in [2.24, 2.45) is 5.41 Å². The molecule has 98 valence electrons. The first-order chi connectivity index (χ1) is 8.46. The van der Waals surface area contributed by atoms with E-state index in [1.807, 2.05) is 0 Å². The lowest BCUT2D eigenvalue weighted by Gasteiger charge is -2.35. The average molecular weight is 248 g/mol. The highest BCUT2D eigenvalue weighted by molar-refractivity contribution is 5.92. The Hall–Kier alpha value is -1.58. The first kappa shape index (κ1) is 12.9. The lowest BCUT2D eigenvalue weighted by atomic mass is 9.75. The molecule has 1 aromatic rings. The number of H-pyrrole nitrogens is 1. The number of carbonyl (C=O) groups excluding carboxylic acids is 1. The highest BCUT2D eigenvalue weighted by Crippen LogP contribution is 2.35. The summed E-state index contributed by atoms with van der Waals surface area (Å²) in [5.41, 5.74) is 0.387. The summed E-state index contributed by atoms with van der Waals surface area (Å²) >= 11 is 0. The van der Waals surface area contributed by atoms with E-state index >= 15 is 0 Å². The largest absolute Gasteiger partial charge is 0.348 e. The molecule has 1 aromatic heterocycles. The van der Waals surface area contributed by atoms with Crippen molar-refractivity contribution < 1.29 is 4.79 Å². The molecule has 1 fully saturated rings. The maximum atomic E-state index is 12.0. The van der Waals surface area contributed by atoms with Gasteiger partial charge in [-0.05, 0) is 30.7 Å². The third-order valence-corrected chi connectivity index (χ3v) is 3.55. The molecule has 1 unspecified atom stereocenters. The second kappa shape index (κ2) is 4.96. The molecule has 1 heterocycles. The molecule has 1 amide bonds. The van der Waals surface area contributed by atoms with Crippen LogP contribution in [-0.2, 0) is 0 Å². The molecule has 0 spiro atoms. The van der Waals surface area contributed by atoms with Gasteiger partial charge in [-0.15, -0.1) is 0 Å². The van der Waals surface area contributed by atoms with E-state index < -0.39 is 0 Å². The first-order valence-electron chi connectivity index (χ1n) is 6.46. The molecule has 2 rings (SSSR count). The van der Waals surface area contributed by atoms with Gasteiger partial charge in [-0.3, -0.25) is 9.59 Å². The highest BCUT2D eigenvalue weighted by atomic mass is 16.2. The number of nitrogens with one attached hydrogen (secondary N) is 2. The molecular formula is C14H20N2O2. The minimum absolute atomic E-state index is 0.185. The van der Waals surface area contributed by atoms with Crippen molar-refractivity contribution >= 4 is 5.91 Å². The van der Waals surface area contributed by atoms with Gasteiger partial charge >= 0.3 is 0 Å². The first-order valence-corrected chi connectivity index (χ1v) is 6.46. The summed E-state index contributed by atoms with van der Waals surface area (Å²) in [6, 6.07) is 4.84. The van der Waals surface area contributed by atoms with Crippen LogP contribution < -0.4 is 10.9 Å².